The van der Waals surface area contributed by atoms with Gasteiger partial charge in [0.15, 0.2) is 18.1 Å². The fourth-order valence-corrected chi connectivity index (χ4v) is 4.09. The van der Waals surface area contributed by atoms with Crippen LogP contribution >= 0.6 is 34.2 Å². The molecule has 36 heavy (non-hydrogen) atoms. The van der Waals surface area contributed by atoms with E-state index in [9.17, 15) is 14.9 Å². The zero-order valence-corrected chi connectivity index (χ0v) is 22.5. The molecule has 0 unspecified atom stereocenters. The topological polar surface area (TPSA) is 100 Å². The Bertz CT molecular complexity index is 1330. The van der Waals surface area contributed by atoms with Crippen LogP contribution in [-0.4, -0.2) is 25.0 Å². The third kappa shape index (κ3) is 7.73. The molecule has 0 aromatic heterocycles. The van der Waals surface area contributed by atoms with Crippen molar-refractivity contribution in [3.8, 4) is 17.6 Å². The van der Waals surface area contributed by atoms with E-state index in [0.29, 0.717) is 43.6 Å². The molecule has 0 aliphatic rings. The first kappa shape index (κ1) is 27.0. The van der Waals surface area contributed by atoms with Crippen molar-refractivity contribution in [3.63, 3.8) is 0 Å². The van der Waals surface area contributed by atoms with Gasteiger partial charge in [-0.2, -0.15) is 5.26 Å². The van der Waals surface area contributed by atoms with Crippen molar-refractivity contribution in [2.45, 2.75) is 13.8 Å². The van der Waals surface area contributed by atoms with Gasteiger partial charge in [0.1, 0.15) is 11.6 Å². The summed E-state index contributed by atoms with van der Waals surface area (Å²) >= 11 is 7.93. The number of nitriles is 1. The second-order valence-electron chi connectivity index (χ2n) is 7.60. The van der Waals surface area contributed by atoms with Crippen molar-refractivity contribution in [1.29, 1.82) is 5.26 Å². The lowest BCUT2D eigenvalue weighted by molar-refractivity contribution is -0.118. The molecule has 3 aromatic rings. The number of carbonyl (C=O) groups excluding carboxylic acids is 2. The number of benzene rings is 3. The monoisotopic (exact) mass is 615 g/mol. The van der Waals surface area contributed by atoms with Crippen LogP contribution in [0.1, 0.15) is 18.1 Å². The van der Waals surface area contributed by atoms with Gasteiger partial charge in [0.2, 0.25) is 0 Å². The summed E-state index contributed by atoms with van der Waals surface area (Å²) in [6.07, 6.45) is 1.48. The molecule has 9 heteroatoms. The highest BCUT2D eigenvalue weighted by molar-refractivity contribution is 14.1. The molecular formula is C27H23ClIN3O4. The Morgan fingerprint density at radius 2 is 1.81 bits per heavy atom. The summed E-state index contributed by atoms with van der Waals surface area (Å²) in [6, 6.07) is 19.4. The van der Waals surface area contributed by atoms with Crippen molar-refractivity contribution in [3.05, 3.63) is 86.0 Å². The van der Waals surface area contributed by atoms with Gasteiger partial charge in [0.05, 0.1) is 10.2 Å². The van der Waals surface area contributed by atoms with Gasteiger partial charge in [0, 0.05) is 16.4 Å². The summed E-state index contributed by atoms with van der Waals surface area (Å²) in [5.74, 6) is -0.0794. The molecule has 0 saturated heterocycles. The molecule has 184 valence electrons. The van der Waals surface area contributed by atoms with Crippen LogP contribution in [0.5, 0.6) is 11.5 Å². The predicted octanol–water partition coefficient (Wildman–Crippen LogP) is 6.21. The molecular weight excluding hydrogens is 593 g/mol. The van der Waals surface area contributed by atoms with Gasteiger partial charge in [-0.3, -0.25) is 9.59 Å². The summed E-state index contributed by atoms with van der Waals surface area (Å²) in [7, 11) is 0. The summed E-state index contributed by atoms with van der Waals surface area (Å²) in [6.45, 7) is 3.85. The number of amides is 2. The largest absolute Gasteiger partial charge is 0.490 e. The Balaban J connectivity index is 1.76. The SMILES string of the molecule is CCOc1cc(/C=C(\C#N)C(=O)Nc2cccc(C)c2)cc(I)c1OCC(=O)Nc1ccc(Cl)cc1. The zero-order valence-electron chi connectivity index (χ0n) is 19.6. The predicted molar refractivity (Wildman–Crippen MR) is 149 cm³/mol. The number of nitrogens with one attached hydrogen (secondary N) is 2. The van der Waals surface area contributed by atoms with Gasteiger partial charge in [-0.1, -0.05) is 23.7 Å². The van der Waals surface area contributed by atoms with E-state index in [4.69, 9.17) is 21.1 Å². The molecule has 7 nitrogen and oxygen atoms in total. The maximum absolute atomic E-state index is 12.7. The van der Waals surface area contributed by atoms with Crippen LogP contribution in [0.15, 0.2) is 66.2 Å². The van der Waals surface area contributed by atoms with E-state index >= 15 is 0 Å². The lowest BCUT2D eigenvalue weighted by Crippen LogP contribution is -2.20. The van der Waals surface area contributed by atoms with Crippen LogP contribution < -0.4 is 20.1 Å². The molecule has 2 amide bonds. The summed E-state index contributed by atoms with van der Waals surface area (Å²) in [5, 5.41) is 15.6. The number of halogens is 2. The fraction of sp³-hybridized carbons (Fsp3) is 0.148. The highest BCUT2D eigenvalue weighted by Gasteiger charge is 2.16. The minimum absolute atomic E-state index is 0.0641. The number of anilines is 2. The Morgan fingerprint density at radius 1 is 1.06 bits per heavy atom. The van der Waals surface area contributed by atoms with E-state index < -0.39 is 5.91 Å². The molecule has 0 aliphatic heterocycles. The molecule has 0 aliphatic carbocycles. The standard InChI is InChI=1S/C27H23ClIN3O4/c1-3-35-24-14-18(12-19(15-30)27(34)32-22-6-4-5-17(2)11-22)13-23(29)26(24)36-16-25(33)31-21-9-7-20(28)8-10-21/h4-14H,3,16H2,1-2H3,(H,31,33)(H,32,34)/b19-12+. The van der Waals surface area contributed by atoms with Gasteiger partial charge in [-0.25, -0.2) is 0 Å². The number of nitrogens with zero attached hydrogens (tertiary/aromatic N) is 1. The van der Waals surface area contributed by atoms with Crippen LogP contribution in [0.2, 0.25) is 5.02 Å². The smallest absolute Gasteiger partial charge is 0.266 e. The second-order valence-corrected chi connectivity index (χ2v) is 9.20. The highest BCUT2D eigenvalue weighted by atomic mass is 127. The van der Waals surface area contributed by atoms with Gasteiger partial charge in [-0.15, -0.1) is 0 Å². The molecule has 0 spiro atoms. The first-order valence-corrected chi connectivity index (χ1v) is 12.4. The lowest BCUT2D eigenvalue weighted by atomic mass is 10.1. The first-order chi connectivity index (χ1) is 17.3. The number of carbonyl (C=O) groups is 2. The van der Waals surface area contributed by atoms with E-state index in [0.717, 1.165) is 5.56 Å². The van der Waals surface area contributed by atoms with E-state index in [2.05, 4.69) is 33.2 Å². The van der Waals surface area contributed by atoms with Crippen molar-refractivity contribution in [1.82, 2.24) is 0 Å². The Hall–Kier alpha value is -3.55. The molecule has 2 N–H and O–H groups in total. The average molecular weight is 616 g/mol. The van der Waals surface area contributed by atoms with Crippen molar-refractivity contribution >= 4 is 63.5 Å². The number of rotatable bonds is 9. The summed E-state index contributed by atoms with van der Waals surface area (Å²) < 4.78 is 12.1. The van der Waals surface area contributed by atoms with Gasteiger partial charge < -0.3 is 20.1 Å². The molecule has 0 fully saturated rings. The van der Waals surface area contributed by atoms with Crippen molar-refractivity contribution in [2.75, 3.05) is 23.8 Å². The van der Waals surface area contributed by atoms with Crippen LogP contribution in [0.3, 0.4) is 0 Å². The third-order valence-electron chi connectivity index (χ3n) is 4.76. The normalized spacial score (nSPS) is 10.8. The molecule has 0 heterocycles. The zero-order chi connectivity index (χ0) is 26.1. The van der Waals surface area contributed by atoms with Crippen LogP contribution in [0, 0.1) is 21.8 Å². The maximum Gasteiger partial charge on any atom is 0.266 e. The highest BCUT2D eigenvalue weighted by Crippen LogP contribution is 2.35. The quantitative estimate of drug-likeness (QED) is 0.169. The molecule has 3 aromatic carbocycles. The van der Waals surface area contributed by atoms with Gasteiger partial charge in [-0.05, 0) is 102 Å². The number of hydrogen-bond acceptors (Lipinski definition) is 5. The van der Waals surface area contributed by atoms with E-state index in [1.54, 1.807) is 42.5 Å². The van der Waals surface area contributed by atoms with E-state index in [-0.39, 0.29) is 18.1 Å². The number of aryl methyl sites for hydroxylation is 1. The minimum atomic E-state index is -0.518. The molecule has 0 saturated carbocycles. The third-order valence-corrected chi connectivity index (χ3v) is 5.81. The molecule has 0 bridgehead atoms. The molecule has 3 rings (SSSR count). The van der Waals surface area contributed by atoms with Crippen LogP contribution in [0.4, 0.5) is 11.4 Å². The number of ether oxygens (including phenoxy) is 2. The van der Waals surface area contributed by atoms with Gasteiger partial charge >= 0.3 is 0 Å². The Morgan fingerprint density at radius 3 is 2.47 bits per heavy atom. The molecule has 0 radical (unpaired) electrons. The van der Waals surface area contributed by atoms with Crippen molar-refractivity contribution in [2.24, 2.45) is 0 Å². The van der Waals surface area contributed by atoms with E-state index in [1.165, 1.54) is 6.08 Å². The Labute approximate surface area is 228 Å². The first-order valence-electron chi connectivity index (χ1n) is 10.9. The lowest BCUT2D eigenvalue weighted by Gasteiger charge is -2.15. The maximum atomic E-state index is 12.7. The van der Waals surface area contributed by atoms with Crippen molar-refractivity contribution < 1.29 is 19.1 Å². The van der Waals surface area contributed by atoms with Crippen LogP contribution in [0.25, 0.3) is 6.08 Å². The average Bonchev–Trinajstić information content (AvgIpc) is 2.83. The van der Waals surface area contributed by atoms with E-state index in [1.807, 2.05) is 38.1 Å². The second kappa shape index (κ2) is 13.0. The summed E-state index contributed by atoms with van der Waals surface area (Å²) in [4.78, 5) is 25.0. The Kier molecular flexibility index (Phi) is 9.73. The fourth-order valence-electron chi connectivity index (χ4n) is 3.18. The van der Waals surface area contributed by atoms with Gasteiger partial charge in [0.25, 0.3) is 11.8 Å². The number of hydrogen-bond donors (Lipinski definition) is 2. The summed E-state index contributed by atoms with van der Waals surface area (Å²) in [5.41, 5.74) is 2.71. The minimum Gasteiger partial charge on any atom is -0.490 e. The van der Waals surface area contributed by atoms with Crippen LogP contribution in [-0.2, 0) is 9.59 Å². The molecule has 0 atom stereocenters.